The number of rotatable bonds is 8. The minimum atomic E-state index is -0.283. The molecule has 0 aromatic heterocycles. The second kappa shape index (κ2) is 11.3. The summed E-state index contributed by atoms with van der Waals surface area (Å²) in [6.07, 6.45) is 2.04. The summed E-state index contributed by atoms with van der Waals surface area (Å²) in [6.45, 7) is 1.48. The number of thiocarbonyl (C=S) groups is 1. The van der Waals surface area contributed by atoms with Crippen LogP contribution in [0.25, 0.3) is 0 Å². The molecule has 0 unspecified atom stereocenters. The maximum atomic E-state index is 12.4. The first-order valence-corrected chi connectivity index (χ1v) is 10.6. The van der Waals surface area contributed by atoms with Gasteiger partial charge in [-0.15, -0.1) is 11.8 Å². The summed E-state index contributed by atoms with van der Waals surface area (Å²) in [4.78, 5) is 13.6. The summed E-state index contributed by atoms with van der Waals surface area (Å²) in [5, 5.41) is 6.01. The average Bonchev–Trinajstić information content (AvgIpc) is 2.68. The Balaban J connectivity index is 1.86. The molecule has 0 saturated carbocycles. The number of ether oxygens (including phenoxy) is 2. The second-order valence-electron chi connectivity index (χ2n) is 5.47. The average molecular weight is 469 g/mol. The zero-order valence-electron chi connectivity index (χ0n) is 15.1. The molecule has 0 aliphatic rings. The van der Waals surface area contributed by atoms with E-state index in [-0.39, 0.29) is 11.0 Å². The zero-order chi connectivity index (χ0) is 19.6. The molecule has 2 rings (SSSR count). The van der Waals surface area contributed by atoms with Gasteiger partial charge in [0.1, 0.15) is 12.4 Å². The van der Waals surface area contributed by atoms with E-state index in [2.05, 4.69) is 38.7 Å². The summed E-state index contributed by atoms with van der Waals surface area (Å²) in [7, 11) is 1.61. The fraction of sp³-hybridized carbons (Fsp3) is 0.263. The van der Waals surface area contributed by atoms with Gasteiger partial charge in [0.2, 0.25) is 0 Å². The van der Waals surface area contributed by atoms with Gasteiger partial charge in [-0.2, -0.15) is 0 Å². The first kappa shape index (κ1) is 21.7. The quantitative estimate of drug-likeness (QED) is 0.346. The van der Waals surface area contributed by atoms with E-state index < -0.39 is 0 Å². The van der Waals surface area contributed by atoms with Gasteiger partial charge in [0.25, 0.3) is 5.91 Å². The fourth-order valence-electron chi connectivity index (χ4n) is 2.14. The van der Waals surface area contributed by atoms with E-state index in [9.17, 15) is 4.79 Å². The summed E-state index contributed by atoms with van der Waals surface area (Å²) >= 11 is 10.3. The minimum Gasteiger partial charge on any atom is -0.490 e. The van der Waals surface area contributed by atoms with Crippen molar-refractivity contribution in [2.45, 2.75) is 11.4 Å². The second-order valence-corrected chi connectivity index (χ2v) is 7.61. The van der Waals surface area contributed by atoms with Crippen molar-refractivity contribution in [3.63, 3.8) is 0 Å². The highest BCUT2D eigenvalue weighted by molar-refractivity contribution is 9.10. The standard InChI is InChI=1S/C19H21BrN2O3S2/c1-24-9-10-25-17-8-5-14(11-16(17)20)18(23)22-19(26)21-12-13-3-6-15(27-2)7-4-13/h3-8,11H,9-10,12H2,1-2H3,(H2,21,22,23,26). The SMILES string of the molecule is COCCOc1ccc(C(=O)NC(=S)NCc2ccc(SC)cc2)cc1Br. The number of carbonyl (C=O) groups excluding carboxylic acids is 1. The van der Waals surface area contributed by atoms with Crippen molar-refractivity contribution in [2.24, 2.45) is 0 Å². The topological polar surface area (TPSA) is 59.6 Å². The van der Waals surface area contributed by atoms with Gasteiger partial charge in [-0.3, -0.25) is 10.1 Å². The lowest BCUT2D eigenvalue weighted by atomic mass is 10.2. The van der Waals surface area contributed by atoms with Crippen molar-refractivity contribution in [1.82, 2.24) is 10.6 Å². The maximum Gasteiger partial charge on any atom is 0.257 e. The molecule has 2 aromatic rings. The van der Waals surface area contributed by atoms with Crippen molar-refractivity contribution >= 4 is 50.9 Å². The molecule has 1 amide bonds. The lowest BCUT2D eigenvalue weighted by molar-refractivity contribution is 0.0976. The Hall–Kier alpha value is -1.61. The van der Waals surface area contributed by atoms with Crippen LogP contribution >= 0.6 is 39.9 Å². The van der Waals surface area contributed by atoms with Gasteiger partial charge in [-0.1, -0.05) is 12.1 Å². The van der Waals surface area contributed by atoms with Crippen LogP contribution in [0.2, 0.25) is 0 Å². The van der Waals surface area contributed by atoms with E-state index in [1.807, 2.05) is 18.4 Å². The number of hydrogen-bond donors (Lipinski definition) is 2. The summed E-state index contributed by atoms with van der Waals surface area (Å²) < 4.78 is 11.2. The highest BCUT2D eigenvalue weighted by atomic mass is 79.9. The van der Waals surface area contributed by atoms with Gasteiger partial charge in [-0.25, -0.2) is 0 Å². The Morgan fingerprint density at radius 3 is 2.56 bits per heavy atom. The number of hydrogen-bond acceptors (Lipinski definition) is 5. The molecule has 0 aliphatic heterocycles. The van der Waals surface area contributed by atoms with Crippen molar-refractivity contribution in [3.05, 3.63) is 58.1 Å². The molecule has 2 N–H and O–H groups in total. The molecule has 27 heavy (non-hydrogen) atoms. The van der Waals surface area contributed by atoms with Crippen molar-refractivity contribution < 1.29 is 14.3 Å². The first-order chi connectivity index (χ1) is 13.0. The summed E-state index contributed by atoms with van der Waals surface area (Å²) in [5.41, 5.74) is 1.57. The van der Waals surface area contributed by atoms with Crippen LogP contribution in [0.15, 0.2) is 51.8 Å². The van der Waals surface area contributed by atoms with Crippen LogP contribution in [0, 0.1) is 0 Å². The molecule has 0 spiro atoms. The van der Waals surface area contributed by atoms with Crippen LogP contribution in [-0.2, 0) is 11.3 Å². The molecule has 0 aliphatic carbocycles. The number of amides is 1. The predicted molar refractivity (Wildman–Crippen MR) is 117 cm³/mol. The Morgan fingerprint density at radius 1 is 1.19 bits per heavy atom. The van der Waals surface area contributed by atoms with Crippen LogP contribution in [-0.4, -0.2) is 37.6 Å². The summed E-state index contributed by atoms with van der Waals surface area (Å²) in [5.74, 6) is 0.368. The molecule has 0 atom stereocenters. The molecule has 2 aromatic carbocycles. The number of methoxy groups -OCH3 is 1. The number of halogens is 1. The Bertz CT molecular complexity index is 785. The van der Waals surface area contributed by atoms with Crippen molar-refractivity contribution in [1.29, 1.82) is 0 Å². The predicted octanol–water partition coefficient (Wildman–Crippen LogP) is 4.00. The number of carbonyl (C=O) groups is 1. The molecule has 0 heterocycles. The van der Waals surface area contributed by atoms with Gasteiger partial charge in [0, 0.05) is 24.1 Å². The molecule has 0 saturated heterocycles. The number of benzene rings is 2. The van der Waals surface area contributed by atoms with Gasteiger partial charge >= 0.3 is 0 Å². The smallest absolute Gasteiger partial charge is 0.257 e. The summed E-state index contributed by atoms with van der Waals surface area (Å²) in [6, 6.07) is 13.3. The van der Waals surface area contributed by atoms with E-state index in [1.165, 1.54) is 4.90 Å². The number of thioether (sulfide) groups is 1. The molecule has 0 fully saturated rings. The lowest BCUT2D eigenvalue weighted by Crippen LogP contribution is -2.38. The Labute approximate surface area is 177 Å². The highest BCUT2D eigenvalue weighted by Crippen LogP contribution is 2.26. The normalized spacial score (nSPS) is 10.3. The zero-order valence-corrected chi connectivity index (χ0v) is 18.3. The van der Waals surface area contributed by atoms with Crippen molar-refractivity contribution in [3.8, 4) is 5.75 Å². The molecule has 144 valence electrons. The molecular weight excluding hydrogens is 448 g/mol. The van der Waals surface area contributed by atoms with E-state index in [1.54, 1.807) is 37.1 Å². The molecular formula is C19H21BrN2O3S2. The molecule has 0 radical (unpaired) electrons. The largest absolute Gasteiger partial charge is 0.490 e. The van der Waals surface area contributed by atoms with Crippen molar-refractivity contribution in [2.75, 3.05) is 26.6 Å². The minimum absolute atomic E-state index is 0.283. The third kappa shape index (κ3) is 7.14. The molecule has 0 bridgehead atoms. The van der Waals surface area contributed by atoms with Crippen LogP contribution in [0.1, 0.15) is 15.9 Å². The van der Waals surface area contributed by atoms with Crippen LogP contribution in [0.3, 0.4) is 0 Å². The fourth-order valence-corrected chi connectivity index (χ4v) is 3.21. The third-order valence-corrected chi connectivity index (χ3v) is 5.19. The first-order valence-electron chi connectivity index (χ1n) is 8.17. The lowest BCUT2D eigenvalue weighted by Gasteiger charge is -2.11. The maximum absolute atomic E-state index is 12.4. The van der Waals surface area contributed by atoms with E-state index in [0.29, 0.717) is 35.5 Å². The third-order valence-electron chi connectivity index (χ3n) is 3.58. The molecule has 8 heteroatoms. The number of nitrogens with one attached hydrogen (secondary N) is 2. The molecule has 5 nitrogen and oxygen atoms in total. The Kier molecular flexibility index (Phi) is 9.06. The highest BCUT2D eigenvalue weighted by Gasteiger charge is 2.11. The van der Waals surface area contributed by atoms with Crippen LogP contribution in [0.5, 0.6) is 5.75 Å². The van der Waals surface area contributed by atoms with Gasteiger partial charge in [-0.05, 0) is 70.3 Å². The van der Waals surface area contributed by atoms with E-state index >= 15 is 0 Å². The van der Waals surface area contributed by atoms with Gasteiger partial charge < -0.3 is 14.8 Å². The van der Waals surface area contributed by atoms with E-state index in [0.717, 1.165) is 5.56 Å². The van der Waals surface area contributed by atoms with Gasteiger partial charge in [0.15, 0.2) is 5.11 Å². The van der Waals surface area contributed by atoms with E-state index in [4.69, 9.17) is 21.7 Å². The Morgan fingerprint density at radius 2 is 1.93 bits per heavy atom. The van der Waals surface area contributed by atoms with Crippen LogP contribution in [0.4, 0.5) is 0 Å². The van der Waals surface area contributed by atoms with Gasteiger partial charge in [0.05, 0.1) is 11.1 Å². The monoisotopic (exact) mass is 468 g/mol. The van der Waals surface area contributed by atoms with Crippen LogP contribution < -0.4 is 15.4 Å².